The molecule has 2 aromatic carbocycles. The van der Waals surface area contributed by atoms with Crippen molar-refractivity contribution in [3.8, 4) is 5.75 Å². The van der Waals surface area contributed by atoms with Crippen molar-refractivity contribution in [2.45, 2.75) is 52.4 Å². The number of aromatic hydroxyl groups is 1. The summed E-state index contributed by atoms with van der Waals surface area (Å²) in [5.74, 6) is 0.233. The predicted octanol–water partition coefficient (Wildman–Crippen LogP) is 7.81. The van der Waals surface area contributed by atoms with E-state index >= 15 is 0 Å². The third-order valence-corrected chi connectivity index (χ3v) is 6.36. The Morgan fingerprint density at radius 1 is 1.03 bits per heavy atom. The molecule has 0 aliphatic rings. The van der Waals surface area contributed by atoms with Crippen LogP contribution >= 0.6 is 35.8 Å². The molecule has 10 heteroatoms. The second kappa shape index (κ2) is 12.3. The van der Waals surface area contributed by atoms with E-state index in [1.54, 1.807) is 18.3 Å². The number of non-ortho nitro benzene ring substituents is 1. The molecule has 0 amide bonds. The molecule has 0 aliphatic heterocycles. The van der Waals surface area contributed by atoms with Crippen molar-refractivity contribution in [2.75, 3.05) is 13.3 Å². The van der Waals surface area contributed by atoms with Gasteiger partial charge in [-0.15, -0.1) is 0 Å². The Morgan fingerprint density at radius 3 is 2.00 bits per heavy atom. The number of phenols is 1. The molecule has 1 N–H and O–H groups in total. The van der Waals surface area contributed by atoms with Crippen molar-refractivity contribution in [1.29, 1.82) is 0 Å². The number of halogens is 3. The van der Waals surface area contributed by atoms with Crippen molar-refractivity contribution in [2.24, 2.45) is 4.99 Å². The summed E-state index contributed by atoms with van der Waals surface area (Å²) in [6, 6.07) is 8.84. The first-order valence-electron chi connectivity index (χ1n) is 10.3. The van der Waals surface area contributed by atoms with Crippen molar-refractivity contribution in [3.63, 3.8) is 0 Å². The number of benzene rings is 2. The van der Waals surface area contributed by atoms with Crippen LogP contribution in [0.15, 0.2) is 35.3 Å². The molecule has 0 aliphatic carbocycles. The van der Waals surface area contributed by atoms with Crippen LogP contribution in [0.3, 0.4) is 0 Å². The molecular weight excluding hydrogens is 537 g/mol. The minimum absolute atomic E-state index is 0.0716. The summed E-state index contributed by atoms with van der Waals surface area (Å²) < 4.78 is 0. The zero-order chi connectivity index (χ0) is 25.7. The Labute approximate surface area is 215 Å². The van der Waals surface area contributed by atoms with Gasteiger partial charge in [0.2, 0.25) is 0 Å². The van der Waals surface area contributed by atoms with Crippen LogP contribution in [0.1, 0.15) is 58.2 Å². The van der Waals surface area contributed by atoms with Crippen molar-refractivity contribution < 1.29 is 24.7 Å². The average molecular weight is 570 g/mol. The summed E-state index contributed by atoms with van der Waals surface area (Å²) in [4.78, 5) is 15.4. The normalized spacial score (nSPS) is 12.0. The fraction of sp³-hybridized carbons (Fsp3) is 0.435. The quantitative estimate of drug-likeness (QED) is 0.134. The van der Waals surface area contributed by atoms with E-state index in [4.69, 9.17) is 27.9 Å². The first-order valence-corrected chi connectivity index (χ1v) is 19.2. The molecule has 181 valence electrons. The third kappa shape index (κ3) is 9.47. The number of nitrogens with zero attached hydrogens (tertiary/aromatic N) is 2. The molecule has 33 heavy (non-hydrogen) atoms. The van der Waals surface area contributed by atoms with Gasteiger partial charge in [-0.3, -0.25) is 15.1 Å². The average Bonchev–Trinajstić information content (AvgIpc) is 2.64. The van der Waals surface area contributed by atoms with E-state index in [1.165, 1.54) is 6.07 Å². The van der Waals surface area contributed by atoms with Crippen LogP contribution in [0.25, 0.3) is 0 Å². The number of phenolic OH excluding ortho intramolecular Hbond substituents is 1. The topological polar surface area (TPSA) is 75.7 Å². The summed E-state index contributed by atoms with van der Waals surface area (Å²) in [5.41, 5.74) is 3.18. The van der Waals surface area contributed by atoms with Crippen LogP contribution in [0.2, 0.25) is 0 Å². The van der Waals surface area contributed by atoms with Gasteiger partial charge in [-0.1, -0.05) is 47.6 Å². The van der Waals surface area contributed by atoms with Gasteiger partial charge in [0.15, 0.2) is 0 Å². The van der Waals surface area contributed by atoms with Gasteiger partial charge in [-0.2, -0.15) is 0 Å². The number of nitro groups is 1. The Hall–Kier alpha value is -0.676. The second-order valence-electron chi connectivity index (χ2n) is 9.89. The molecule has 0 aromatic heterocycles. The molecular formula is C23H32Cl3N2O3PTi+. The molecule has 0 saturated heterocycles. The van der Waals surface area contributed by atoms with Gasteiger partial charge in [0, 0.05) is 31.3 Å². The maximum absolute atomic E-state index is 11.1. The number of hydrogen-bond donors (Lipinski definition) is 1. The van der Waals surface area contributed by atoms with Crippen molar-refractivity contribution in [3.05, 3.63) is 57.1 Å². The summed E-state index contributed by atoms with van der Waals surface area (Å²) in [6.07, 6.45) is 1.68. The molecule has 0 spiro atoms. The van der Waals surface area contributed by atoms with Crippen molar-refractivity contribution in [1.82, 2.24) is 0 Å². The summed E-state index contributed by atoms with van der Waals surface area (Å²) in [5, 5.41) is 22.9. The van der Waals surface area contributed by atoms with Crippen LogP contribution in [0.5, 0.6) is 5.75 Å². The molecule has 2 rings (SSSR count). The monoisotopic (exact) mass is 568 g/mol. The second-order valence-corrected chi connectivity index (χ2v) is 20.2. The Kier molecular flexibility index (Phi) is 11.3. The molecule has 0 fully saturated rings. The molecule has 0 radical (unpaired) electrons. The third-order valence-electron chi connectivity index (χ3n) is 4.89. The van der Waals surface area contributed by atoms with E-state index in [2.05, 4.69) is 65.9 Å². The van der Waals surface area contributed by atoms with E-state index in [0.29, 0.717) is 11.3 Å². The van der Waals surface area contributed by atoms with Crippen LogP contribution in [0, 0.1) is 10.1 Å². The maximum atomic E-state index is 11.1. The number of hydrogen-bond acceptors (Lipinski definition) is 4. The van der Waals surface area contributed by atoms with Gasteiger partial charge in [0.25, 0.3) is 5.69 Å². The van der Waals surface area contributed by atoms with E-state index in [1.807, 2.05) is 6.07 Å². The zero-order valence-corrected chi connectivity index (χ0v) is 25.1. The first kappa shape index (κ1) is 30.4. The summed E-state index contributed by atoms with van der Waals surface area (Å²) >= 11 is -1.92. The first-order chi connectivity index (χ1) is 14.9. The van der Waals surface area contributed by atoms with Crippen LogP contribution < -0.4 is 5.30 Å². The summed E-state index contributed by atoms with van der Waals surface area (Å²) in [7, 11) is 14.0. The van der Waals surface area contributed by atoms with E-state index in [9.17, 15) is 15.2 Å². The molecule has 0 heterocycles. The van der Waals surface area contributed by atoms with E-state index in [0.717, 1.165) is 16.4 Å². The molecule has 2 aromatic rings. The molecule has 0 bridgehead atoms. The van der Waals surface area contributed by atoms with Gasteiger partial charge in [0.05, 0.1) is 24.3 Å². The van der Waals surface area contributed by atoms with Crippen LogP contribution in [-0.4, -0.2) is 29.6 Å². The molecule has 0 atom stereocenters. The molecule has 5 nitrogen and oxygen atoms in total. The predicted molar refractivity (Wildman–Crippen MR) is 143 cm³/mol. The van der Waals surface area contributed by atoms with Crippen LogP contribution in [-0.2, 0) is 25.5 Å². The van der Waals surface area contributed by atoms with E-state index < -0.39 is 22.6 Å². The van der Waals surface area contributed by atoms with Gasteiger partial charge in [0.1, 0.15) is 16.7 Å². The SMILES string of the molecule is C[PH+](C)c1cc([N+](=O)[O-])ccc1N=Cc1cc(C(C)(C)C)cc(C(C)(C)C)c1O.[Cl][Ti]([Cl])[Cl]. The Morgan fingerprint density at radius 2 is 1.58 bits per heavy atom. The fourth-order valence-electron chi connectivity index (χ4n) is 3.05. The van der Waals surface area contributed by atoms with Crippen LogP contribution in [0.4, 0.5) is 11.4 Å². The van der Waals surface area contributed by atoms with Gasteiger partial charge in [-0.05, 0) is 28.5 Å². The zero-order valence-electron chi connectivity index (χ0n) is 20.3. The number of rotatable bonds is 4. The van der Waals surface area contributed by atoms with Gasteiger partial charge >= 0.3 is 42.6 Å². The minimum atomic E-state index is -1.92. The summed E-state index contributed by atoms with van der Waals surface area (Å²) in [6.45, 7) is 16.8. The van der Waals surface area contributed by atoms with Crippen molar-refractivity contribution >= 4 is 58.7 Å². The fourth-order valence-corrected chi connectivity index (χ4v) is 4.15. The number of aliphatic imine (C=N–C) groups is 1. The molecule has 0 unspecified atom stereocenters. The van der Waals surface area contributed by atoms with E-state index in [-0.39, 0.29) is 27.2 Å². The van der Waals surface area contributed by atoms with Gasteiger partial charge < -0.3 is 5.11 Å². The standard InChI is InChI=1S/C23H31N2O3P.3ClH.Ti/c1-22(2,3)16-11-15(21(26)18(12-16)23(4,5)6)14-24-19-10-9-17(25(27)28)13-20(19)29(7)8;;;;/h9-14,26H,1-8H3;3*1H;/q;;;;+3/p-2. The Bertz CT molecular complexity index is 1010. The Balaban J connectivity index is 0.00000125. The number of nitro benzene ring substituents is 1. The molecule has 0 saturated carbocycles. The van der Waals surface area contributed by atoms with Gasteiger partial charge in [-0.25, -0.2) is 0 Å².